The molecule has 0 aromatic rings. The van der Waals surface area contributed by atoms with Gasteiger partial charge in [-0.05, 0) is 0 Å². The molecule has 0 fully saturated rings. The summed E-state index contributed by atoms with van der Waals surface area (Å²) in [4.78, 5) is 0. The molecule has 0 spiro atoms. The monoisotopic (exact) mass is 107 g/mol. The molecule has 0 radical (unpaired) electrons. The molecule has 0 bridgehead atoms. The van der Waals surface area contributed by atoms with Crippen molar-refractivity contribution < 1.29 is 9.13 Å². The van der Waals surface area contributed by atoms with E-state index in [2.05, 4.69) is 4.74 Å². The van der Waals surface area contributed by atoms with Gasteiger partial charge in [0.05, 0.1) is 12.6 Å². The second kappa shape index (κ2) is 4.02. The highest BCUT2D eigenvalue weighted by atomic mass is 19.1. The number of hydrogen-bond acceptors (Lipinski definition) is 2. The van der Waals surface area contributed by atoms with Crippen LogP contribution in [0.5, 0.6) is 0 Å². The molecule has 1 atom stereocenters. The molecule has 2 N–H and O–H groups in total. The molecule has 2 nitrogen and oxygen atoms in total. The van der Waals surface area contributed by atoms with Crippen LogP contribution in [-0.2, 0) is 4.74 Å². The summed E-state index contributed by atoms with van der Waals surface area (Å²) in [5.41, 5.74) is 5.08. The SMILES string of the molecule is COC[C@@H](N)CF. The Hall–Kier alpha value is -0.150. The predicted octanol–water partition coefficient (Wildman–Crippen LogP) is -0.0704. The van der Waals surface area contributed by atoms with E-state index in [0.717, 1.165) is 0 Å². The molecule has 7 heavy (non-hydrogen) atoms. The van der Waals surface area contributed by atoms with Gasteiger partial charge < -0.3 is 10.5 Å². The summed E-state index contributed by atoms with van der Waals surface area (Å²) in [6.45, 7) is -0.204. The number of nitrogens with two attached hydrogens (primary N) is 1. The molecule has 0 heterocycles. The average Bonchev–Trinajstić information content (AvgIpc) is 1.68. The van der Waals surface area contributed by atoms with Gasteiger partial charge >= 0.3 is 0 Å². The highest BCUT2D eigenvalue weighted by Gasteiger charge is 1.96. The number of hydrogen-bond donors (Lipinski definition) is 1. The Balaban J connectivity index is 2.83. The second-order valence-corrected chi connectivity index (χ2v) is 1.37. The topological polar surface area (TPSA) is 35.2 Å². The Morgan fingerprint density at radius 1 is 1.86 bits per heavy atom. The van der Waals surface area contributed by atoms with E-state index >= 15 is 0 Å². The minimum atomic E-state index is -0.506. The third-order valence-corrected chi connectivity index (χ3v) is 0.579. The smallest absolute Gasteiger partial charge is 0.107 e. The Bertz CT molecular complexity index is 42.7. The number of methoxy groups -OCH3 is 1. The zero-order valence-corrected chi connectivity index (χ0v) is 4.36. The van der Waals surface area contributed by atoms with Gasteiger partial charge in [-0.2, -0.15) is 0 Å². The highest BCUT2D eigenvalue weighted by molar-refractivity contribution is 4.54. The molecule has 0 rings (SSSR count). The van der Waals surface area contributed by atoms with E-state index in [-0.39, 0.29) is 0 Å². The van der Waals surface area contributed by atoms with Crippen molar-refractivity contribution in [1.82, 2.24) is 0 Å². The Labute approximate surface area is 42.5 Å². The number of rotatable bonds is 3. The summed E-state index contributed by atoms with van der Waals surface area (Å²) in [5, 5.41) is 0. The molecule has 0 aliphatic carbocycles. The molecule has 44 valence electrons. The van der Waals surface area contributed by atoms with E-state index in [0.29, 0.717) is 6.61 Å². The third-order valence-electron chi connectivity index (χ3n) is 0.579. The van der Waals surface area contributed by atoms with Crippen LogP contribution in [-0.4, -0.2) is 26.4 Å². The van der Waals surface area contributed by atoms with Crippen molar-refractivity contribution in [1.29, 1.82) is 0 Å². The van der Waals surface area contributed by atoms with Crippen molar-refractivity contribution in [2.24, 2.45) is 5.73 Å². The summed E-state index contributed by atoms with van der Waals surface area (Å²) < 4.78 is 15.9. The fraction of sp³-hybridized carbons (Fsp3) is 1.00. The predicted molar refractivity (Wildman–Crippen MR) is 25.8 cm³/mol. The summed E-state index contributed by atoms with van der Waals surface area (Å²) in [6, 6.07) is -0.440. The molecular formula is C4H10FNO. The standard InChI is InChI=1S/C4H10FNO/c1-7-3-4(6)2-5/h4H,2-3,6H2,1H3/t4-/m0/s1. The van der Waals surface area contributed by atoms with Crippen LogP contribution in [0.2, 0.25) is 0 Å². The first-order valence-corrected chi connectivity index (χ1v) is 2.11. The minimum absolute atomic E-state index is 0.302. The van der Waals surface area contributed by atoms with Gasteiger partial charge in [-0.15, -0.1) is 0 Å². The average molecular weight is 107 g/mol. The fourth-order valence-corrected chi connectivity index (χ4v) is 0.259. The zero-order valence-electron chi connectivity index (χ0n) is 4.36. The molecule has 3 heteroatoms. The van der Waals surface area contributed by atoms with Crippen LogP contribution in [0.4, 0.5) is 4.39 Å². The van der Waals surface area contributed by atoms with Gasteiger partial charge in [0.15, 0.2) is 0 Å². The van der Waals surface area contributed by atoms with Crippen LogP contribution >= 0.6 is 0 Å². The van der Waals surface area contributed by atoms with E-state index in [1.807, 2.05) is 0 Å². The van der Waals surface area contributed by atoms with Gasteiger partial charge in [0.2, 0.25) is 0 Å². The Morgan fingerprint density at radius 3 is 2.57 bits per heavy atom. The maximum Gasteiger partial charge on any atom is 0.107 e. The van der Waals surface area contributed by atoms with Gasteiger partial charge in [0.25, 0.3) is 0 Å². The molecule has 0 aromatic heterocycles. The summed E-state index contributed by atoms with van der Waals surface area (Å²) in [5.74, 6) is 0. The first kappa shape index (κ1) is 6.85. The van der Waals surface area contributed by atoms with Crippen LogP contribution in [0, 0.1) is 0 Å². The van der Waals surface area contributed by atoms with Crippen LogP contribution in [0.1, 0.15) is 0 Å². The van der Waals surface area contributed by atoms with E-state index in [1.165, 1.54) is 7.11 Å². The lowest BCUT2D eigenvalue weighted by Gasteiger charge is -2.01. The molecular weight excluding hydrogens is 97.0 g/mol. The number of alkyl halides is 1. The van der Waals surface area contributed by atoms with Crippen molar-refractivity contribution in [3.05, 3.63) is 0 Å². The Morgan fingerprint density at radius 2 is 2.43 bits per heavy atom. The van der Waals surface area contributed by atoms with Crippen LogP contribution < -0.4 is 5.73 Å². The zero-order chi connectivity index (χ0) is 5.70. The first-order valence-electron chi connectivity index (χ1n) is 2.11. The van der Waals surface area contributed by atoms with Crippen molar-refractivity contribution >= 4 is 0 Å². The minimum Gasteiger partial charge on any atom is -0.383 e. The molecule has 0 aromatic carbocycles. The van der Waals surface area contributed by atoms with E-state index in [1.54, 1.807) is 0 Å². The van der Waals surface area contributed by atoms with Gasteiger partial charge in [-0.1, -0.05) is 0 Å². The summed E-state index contributed by atoms with van der Waals surface area (Å²) in [7, 11) is 1.50. The first-order chi connectivity index (χ1) is 3.31. The van der Waals surface area contributed by atoms with Gasteiger partial charge in [-0.25, -0.2) is 4.39 Å². The Kier molecular flexibility index (Phi) is 3.93. The van der Waals surface area contributed by atoms with E-state index in [9.17, 15) is 4.39 Å². The second-order valence-electron chi connectivity index (χ2n) is 1.37. The molecule has 0 saturated carbocycles. The van der Waals surface area contributed by atoms with Crippen LogP contribution in [0.3, 0.4) is 0 Å². The van der Waals surface area contributed by atoms with Gasteiger partial charge in [-0.3, -0.25) is 0 Å². The largest absolute Gasteiger partial charge is 0.383 e. The van der Waals surface area contributed by atoms with Crippen LogP contribution in [0.25, 0.3) is 0 Å². The molecule has 0 amide bonds. The molecule has 0 unspecified atom stereocenters. The van der Waals surface area contributed by atoms with Gasteiger partial charge in [0.1, 0.15) is 6.67 Å². The third kappa shape index (κ3) is 3.69. The number of ether oxygens (including phenoxy) is 1. The van der Waals surface area contributed by atoms with Crippen molar-refractivity contribution in [2.45, 2.75) is 6.04 Å². The fourth-order valence-electron chi connectivity index (χ4n) is 0.259. The summed E-state index contributed by atoms with van der Waals surface area (Å²) in [6.07, 6.45) is 0. The van der Waals surface area contributed by atoms with Crippen molar-refractivity contribution in [3.63, 3.8) is 0 Å². The lowest BCUT2D eigenvalue weighted by molar-refractivity contribution is 0.168. The van der Waals surface area contributed by atoms with Crippen LogP contribution in [0.15, 0.2) is 0 Å². The van der Waals surface area contributed by atoms with Crippen molar-refractivity contribution in [3.8, 4) is 0 Å². The van der Waals surface area contributed by atoms with E-state index in [4.69, 9.17) is 5.73 Å². The molecule has 0 aliphatic rings. The van der Waals surface area contributed by atoms with E-state index < -0.39 is 12.7 Å². The van der Waals surface area contributed by atoms with Gasteiger partial charge in [0, 0.05) is 7.11 Å². The maximum absolute atomic E-state index is 11.4. The van der Waals surface area contributed by atoms with Crippen molar-refractivity contribution in [2.75, 3.05) is 20.4 Å². The lowest BCUT2D eigenvalue weighted by Crippen LogP contribution is -2.27. The molecule has 0 saturated heterocycles. The summed E-state index contributed by atoms with van der Waals surface area (Å²) >= 11 is 0. The number of halogens is 1. The molecule has 0 aliphatic heterocycles. The maximum atomic E-state index is 11.4. The highest BCUT2D eigenvalue weighted by Crippen LogP contribution is 1.78. The normalized spacial score (nSPS) is 14.1. The lowest BCUT2D eigenvalue weighted by atomic mass is 10.4. The quantitative estimate of drug-likeness (QED) is 0.548.